The largest absolute Gasteiger partial charge is 0.394 e. The number of nitrogens with one attached hydrogen (secondary N) is 2. The predicted molar refractivity (Wildman–Crippen MR) is 86.7 cm³/mol. The normalized spacial score (nSPS) is 16.0. The Labute approximate surface area is 141 Å². The highest BCUT2D eigenvalue weighted by molar-refractivity contribution is 5.68. The number of likely N-dealkylation sites (N-methyl/N-ethyl adjacent to an activating group) is 1. The summed E-state index contributed by atoms with van der Waals surface area (Å²) in [5.41, 5.74) is 0.0119. The van der Waals surface area contributed by atoms with Crippen LogP contribution in [-0.4, -0.2) is 82.8 Å². The average Bonchev–Trinajstić information content (AvgIpc) is 3.12. The lowest BCUT2D eigenvalue weighted by molar-refractivity contribution is -0.120. The van der Waals surface area contributed by atoms with Crippen molar-refractivity contribution in [3.8, 4) is 0 Å². The molecule has 0 aromatic carbocycles. The van der Waals surface area contributed by atoms with Gasteiger partial charge in [0.15, 0.2) is 5.65 Å². The van der Waals surface area contributed by atoms with E-state index >= 15 is 0 Å². The van der Waals surface area contributed by atoms with Crippen molar-refractivity contribution in [3.63, 3.8) is 0 Å². The van der Waals surface area contributed by atoms with Gasteiger partial charge < -0.3 is 30.5 Å². The monoisotopic (exact) mass is 361 g/mol. The second kappa shape index (κ2) is 8.84. The van der Waals surface area contributed by atoms with Gasteiger partial charge in [-0.05, 0) is 7.05 Å². The Morgan fingerprint density at radius 3 is 2.28 bits per heavy atom. The Bertz CT molecular complexity index is 784. The van der Waals surface area contributed by atoms with Crippen molar-refractivity contribution < 1.29 is 25.5 Å². The molecule has 0 saturated carbocycles. The summed E-state index contributed by atoms with van der Waals surface area (Å²) in [6, 6.07) is 0. The van der Waals surface area contributed by atoms with Gasteiger partial charge in [-0.3, -0.25) is 19.2 Å². The van der Waals surface area contributed by atoms with Crippen molar-refractivity contribution in [2.45, 2.75) is 24.5 Å². The highest BCUT2D eigenvalue weighted by atomic mass is 16.4. The molecule has 0 aliphatic rings. The lowest BCUT2D eigenvalue weighted by atomic mass is 10.1. The summed E-state index contributed by atoms with van der Waals surface area (Å²) in [6.07, 6.45) is -4.50. The molecule has 25 heavy (non-hydrogen) atoms. The average molecular weight is 361 g/mol. The molecule has 2 aromatic heterocycles. The maximum Gasteiger partial charge on any atom is 0.332 e. The van der Waals surface area contributed by atoms with Gasteiger partial charge in [0, 0.05) is 14.1 Å². The minimum absolute atomic E-state index is 0.351. The standard InChI is InChI=1S/C7H8N4O2.C6H15NO5/c1-10-5-4(8-3-9-5)6(12)11(2)7(10)13;1-7-6(12)5(11)4(10)3(9)2-8/h3H,1-2H3,(H,8,9);3-12H,2H2,1H3/t;3-,4+,5+,6-/m.1/s1. The van der Waals surface area contributed by atoms with Gasteiger partial charge >= 0.3 is 5.69 Å². The molecule has 4 atom stereocenters. The Morgan fingerprint density at radius 2 is 1.76 bits per heavy atom. The summed E-state index contributed by atoms with van der Waals surface area (Å²) in [5, 5.41) is 46.5. The summed E-state index contributed by atoms with van der Waals surface area (Å²) < 4.78 is 2.37. The Hall–Kier alpha value is -2.09. The van der Waals surface area contributed by atoms with Crippen molar-refractivity contribution in [1.82, 2.24) is 24.4 Å². The van der Waals surface area contributed by atoms with Crippen LogP contribution in [0.1, 0.15) is 0 Å². The number of nitrogens with zero attached hydrogens (tertiary/aromatic N) is 3. The number of aliphatic hydroxyl groups excluding tert-OH is 5. The molecule has 0 bridgehead atoms. The third kappa shape index (κ3) is 4.50. The maximum absolute atomic E-state index is 11.4. The fourth-order valence-corrected chi connectivity index (χ4v) is 1.96. The Balaban J connectivity index is 0.000000252. The molecule has 0 aliphatic carbocycles. The van der Waals surface area contributed by atoms with E-state index in [2.05, 4.69) is 15.3 Å². The fraction of sp³-hybridized carbons (Fsp3) is 0.615. The molecular weight excluding hydrogens is 338 g/mol. The molecule has 0 spiro atoms. The van der Waals surface area contributed by atoms with Crippen LogP contribution in [0.25, 0.3) is 11.2 Å². The minimum Gasteiger partial charge on any atom is -0.394 e. The van der Waals surface area contributed by atoms with Gasteiger partial charge in [0.05, 0.1) is 12.9 Å². The number of imidazole rings is 1. The van der Waals surface area contributed by atoms with Crippen LogP contribution in [0.4, 0.5) is 0 Å². The first-order chi connectivity index (χ1) is 11.7. The Kier molecular flexibility index (Phi) is 7.41. The van der Waals surface area contributed by atoms with Gasteiger partial charge in [-0.25, -0.2) is 9.78 Å². The van der Waals surface area contributed by atoms with Crippen LogP contribution in [0.15, 0.2) is 15.9 Å². The molecule has 2 aromatic rings. The number of aryl methyl sites for hydroxylation is 1. The van der Waals surface area contributed by atoms with Gasteiger partial charge in [0.1, 0.15) is 30.1 Å². The van der Waals surface area contributed by atoms with Crippen LogP contribution < -0.4 is 16.6 Å². The molecule has 12 heteroatoms. The van der Waals surface area contributed by atoms with Gasteiger partial charge in [0.25, 0.3) is 5.56 Å². The van der Waals surface area contributed by atoms with Crippen LogP contribution >= 0.6 is 0 Å². The lowest BCUT2D eigenvalue weighted by Crippen LogP contribution is -2.50. The summed E-state index contributed by atoms with van der Waals surface area (Å²) in [7, 11) is 4.39. The zero-order valence-electron chi connectivity index (χ0n) is 14.0. The molecule has 0 radical (unpaired) electrons. The predicted octanol–water partition coefficient (Wildman–Crippen LogP) is -4.44. The zero-order chi connectivity index (χ0) is 19.3. The van der Waals surface area contributed by atoms with Crippen LogP contribution in [0.5, 0.6) is 0 Å². The zero-order valence-corrected chi connectivity index (χ0v) is 14.0. The van der Waals surface area contributed by atoms with Crippen LogP contribution in [-0.2, 0) is 14.1 Å². The number of fused-ring (bicyclic) bond motifs is 1. The van der Waals surface area contributed by atoms with Gasteiger partial charge in [-0.1, -0.05) is 0 Å². The molecular formula is C13H23N5O7. The van der Waals surface area contributed by atoms with E-state index in [4.69, 9.17) is 25.5 Å². The van der Waals surface area contributed by atoms with Crippen LogP contribution in [0, 0.1) is 0 Å². The van der Waals surface area contributed by atoms with Crippen LogP contribution in [0.2, 0.25) is 0 Å². The van der Waals surface area contributed by atoms with E-state index in [1.165, 1.54) is 25.0 Å². The number of aliphatic hydroxyl groups is 5. The topological polar surface area (TPSA) is 186 Å². The second-order valence-electron chi connectivity index (χ2n) is 5.27. The molecule has 0 fully saturated rings. The van der Waals surface area contributed by atoms with Gasteiger partial charge in [-0.15, -0.1) is 0 Å². The molecule has 0 saturated heterocycles. The van der Waals surface area contributed by atoms with E-state index in [-0.39, 0.29) is 11.2 Å². The van der Waals surface area contributed by atoms with Crippen molar-refractivity contribution in [2.75, 3.05) is 13.7 Å². The number of aromatic amines is 1. The van der Waals surface area contributed by atoms with Crippen molar-refractivity contribution in [3.05, 3.63) is 27.2 Å². The highest BCUT2D eigenvalue weighted by Gasteiger charge is 2.28. The molecule has 2 heterocycles. The summed E-state index contributed by atoms with van der Waals surface area (Å²) >= 11 is 0. The molecule has 2 rings (SSSR count). The number of hydrogen-bond acceptors (Lipinski definition) is 9. The molecule has 142 valence electrons. The van der Waals surface area contributed by atoms with E-state index in [1.54, 1.807) is 7.05 Å². The number of hydrogen-bond donors (Lipinski definition) is 7. The van der Waals surface area contributed by atoms with Gasteiger partial charge in [-0.2, -0.15) is 0 Å². The minimum atomic E-state index is -1.57. The van der Waals surface area contributed by atoms with E-state index in [1.807, 2.05) is 0 Å². The van der Waals surface area contributed by atoms with E-state index < -0.39 is 31.1 Å². The quantitative estimate of drug-likeness (QED) is 0.258. The first kappa shape index (κ1) is 21.0. The number of H-pyrrole nitrogens is 1. The molecule has 7 N–H and O–H groups in total. The summed E-state index contributed by atoms with van der Waals surface area (Å²) in [5.74, 6) is 0. The summed E-state index contributed by atoms with van der Waals surface area (Å²) in [6.45, 7) is -0.672. The highest BCUT2D eigenvalue weighted by Crippen LogP contribution is 2.02. The Morgan fingerprint density at radius 1 is 1.16 bits per heavy atom. The second-order valence-corrected chi connectivity index (χ2v) is 5.27. The molecule has 0 unspecified atom stereocenters. The first-order valence-electron chi connectivity index (χ1n) is 7.26. The summed E-state index contributed by atoms with van der Waals surface area (Å²) in [4.78, 5) is 29.4. The lowest BCUT2D eigenvalue weighted by Gasteiger charge is -2.24. The first-order valence-corrected chi connectivity index (χ1v) is 7.26. The van der Waals surface area contributed by atoms with E-state index in [0.717, 1.165) is 4.57 Å². The van der Waals surface area contributed by atoms with Crippen molar-refractivity contribution in [1.29, 1.82) is 0 Å². The molecule has 0 amide bonds. The smallest absolute Gasteiger partial charge is 0.332 e. The molecule has 0 aliphatic heterocycles. The van der Waals surface area contributed by atoms with Crippen molar-refractivity contribution >= 4 is 11.2 Å². The maximum atomic E-state index is 11.4. The third-order valence-electron chi connectivity index (χ3n) is 3.58. The van der Waals surface area contributed by atoms with Crippen molar-refractivity contribution in [2.24, 2.45) is 14.1 Å². The van der Waals surface area contributed by atoms with E-state index in [0.29, 0.717) is 11.2 Å². The van der Waals surface area contributed by atoms with E-state index in [9.17, 15) is 9.59 Å². The SMILES string of the molecule is CN[C@H](O)[C@@H](O)[C@@H](O)[C@H](O)CO.Cn1c(=O)c2[nH]cnc2n(C)c1=O. The van der Waals surface area contributed by atoms with Crippen LogP contribution in [0.3, 0.4) is 0 Å². The van der Waals surface area contributed by atoms with Gasteiger partial charge in [0.2, 0.25) is 0 Å². The molecule has 12 nitrogen and oxygen atoms in total. The third-order valence-corrected chi connectivity index (χ3v) is 3.58. The number of rotatable bonds is 5. The number of aromatic nitrogens is 4. The fourth-order valence-electron chi connectivity index (χ4n) is 1.96.